The Labute approximate surface area is 153 Å². The Morgan fingerprint density at radius 1 is 1.15 bits per heavy atom. The lowest BCUT2D eigenvalue weighted by Crippen LogP contribution is -2.37. The monoisotopic (exact) mass is 352 g/mol. The van der Waals surface area contributed by atoms with Gasteiger partial charge in [-0.15, -0.1) is 0 Å². The van der Waals surface area contributed by atoms with Gasteiger partial charge in [-0.1, -0.05) is 24.3 Å². The van der Waals surface area contributed by atoms with Gasteiger partial charge in [-0.25, -0.2) is 0 Å². The summed E-state index contributed by atoms with van der Waals surface area (Å²) in [4.78, 5) is 25.6. The fourth-order valence-electron chi connectivity index (χ4n) is 3.59. The normalized spacial score (nSPS) is 19.4. The van der Waals surface area contributed by atoms with Gasteiger partial charge in [-0.05, 0) is 55.7 Å². The molecule has 1 fully saturated rings. The summed E-state index contributed by atoms with van der Waals surface area (Å²) in [6, 6.07) is 15.0. The summed E-state index contributed by atoms with van der Waals surface area (Å²) in [6.45, 7) is 4.90. The average molecular weight is 352 g/mol. The van der Waals surface area contributed by atoms with Crippen LogP contribution in [0.2, 0.25) is 0 Å². The number of aryl methyl sites for hydroxylation is 1. The number of amides is 2. The smallest absolute Gasteiger partial charge is 0.260 e. The van der Waals surface area contributed by atoms with Gasteiger partial charge >= 0.3 is 0 Å². The minimum absolute atomic E-state index is 0.0131. The maximum atomic E-state index is 12.6. The van der Waals surface area contributed by atoms with Gasteiger partial charge in [0.2, 0.25) is 5.91 Å². The molecule has 1 aliphatic rings. The van der Waals surface area contributed by atoms with Crippen LogP contribution in [0.15, 0.2) is 48.5 Å². The number of primary amides is 1. The molecule has 2 N–H and O–H groups in total. The molecule has 3 rings (SSSR count). The van der Waals surface area contributed by atoms with E-state index in [2.05, 4.69) is 32.0 Å². The minimum atomic E-state index is -0.485. The molecule has 26 heavy (non-hydrogen) atoms. The molecule has 2 aromatic rings. The van der Waals surface area contributed by atoms with Crippen LogP contribution in [0.4, 0.5) is 0 Å². The van der Waals surface area contributed by atoms with Gasteiger partial charge in [0.05, 0.1) is 0 Å². The maximum absolute atomic E-state index is 12.6. The Morgan fingerprint density at radius 3 is 2.50 bits per heavy atom. The van der Waals surface area contributed by atoms with Crippen LogP contribution in [0.25, 0.3) is 0 Å². The van der Waals surface area contributed by atoms with E-state index in [1.165, 1.54) is 11.1 Å². The molecular formula is C21H24N2O3. The Morgan fingerprint density at radius 2 is 1.85 bits per heavy atom. The molecule has 5 nitrogen and oxygen atoms in total. The van der Waals surface area contributed by atoms with Gasteiger partial charge in [0, 0.05) is 24.1 Å². The van der Waals surface area contributed by atoms with Gasteiger partial charge in [0.1, 0.15) is 5.75 Å². The molecule has 2 unspecified atom stereocenters. The van der Waals surface area contributed by atoms with Crippen molar-refractivity contribution in [3.05, 3.63) is 65.2 Å². The van der Waals surface area contributed by atoms with Crippen molar-refractivity contribution in [2.75, 3.05) is 13.2 Å². The van der Waals surface area contributed by atoms with Crippen molar-refractivity contribution in [2.45, 2.75) is 32.2 Å². The largest absolute Gasteiger partial charge is 0.484 e. The number of nitrogens with two attached hydrogens (primary N) is 1. The minimum Gasteiger partial charge on any atom is -0.484 e. The second-order valence-corrected chi connectivity index (χ2v) is 6.86. The highest BCUT2D eigenvalue weighted by Gasteiger charge is 2.33. The SMILES string of the molecule is Cc1ccccc1C1CC(C)N(C(=O)COc2ccc(C(N)=O)cc2)C1. The standard InChI is InChI=1S/C21H24N2O3/c1-14-5-3-4-6-19(14)17-11-15(2)23(12-17)20(24)13-26-18-9-7-16(8-10-18)21(22)25/h3-10,15,17H,11-13H2,1-2H3,(H2,22,25). The molecule has 2 amide bonds. The fraction of sp³-hybridized carbons (Fsp3) is 0.333. The average Bonchev–Trinajstić information content (AvgIpc) is 3.02. The second kappa shape index (κ2) is 7.60. The summed E-state index contributed by atoms with van der Waals surface area (Å²) in [6.07, 6.45) is 0.962. The zero-order valence-corrected chi connectivity index (χ0v) is 15.1. The summed E-state index contributed by atoms with van der Waals surface area (Å²) in [5.41, 5.74) is 8.22. The van der Waals surface area contributed by atoms with E-state index in [0.29, 0.717) is 17.2 Å². The number of hydrogen-bond donors (Lipinski definition) is 1. The zero-order chi connectivity index (χ0) is 18.7. The summed E-state index contributed by atoms with van der Waals surface area (Å²) in [5.74, 6) is 0.406. The first-order valence-corrected chi connectivity index (χ1v) is 8.83. The molecular weight excluding hydrogens is 328 g/mol. The van der Waals surface area contributed by atoms with E-state index in [-0.39, 0.29) is 18.6 Å². The molecule has 136 valence electrons. The van der Waals surface area contributed by atoms with E-state index < -0.39 is 5.91 Å². The topological polar surface area (TPSA) is 72.6 Å². The van der Waals surface area contributed by atoms with Crippen LogP contribution >= 0.6 is 0 Å². The molecule has 0 aromatic heterocycles. The van der Waals surface area contributed by atoms with Crippen LogP contribution in [0.5, 0.6) is 5.75 Å². The number of ether oxygens (including phenoxy) is 1. The fourth-order valence-corrected chi connectivity index (χ4v) is 3.59. The first-order valence-electron chi connectivity index (χ1n) is 8.83. The molecule has 0 spiro atoms. The van der Waals surface area contributed by atoms with E-state index in [1.807, 2.05) is 11.0 Å². The predicted octanol–water partition coefficient (Wildman–Crippen LogP) is 2.88. The van der Waals surface area contributed by atoms with Crippen LogP contribution in [0.1, 0.15) is 40.7 Å². The highest BCUT2D eigenvalue weighted by atomic mass is 16.5. The molecule has 2 aromatic carbocycles. The Bertz CT molecular complexity index is 801. The Hall–Kier alpha value is -2.82. The van der Waals surface area contributed by atoms with Crippen molar-refractivity contribution in [1.29, 1.82) is 0 Å². The van der Waals surface area contributed by atoms with Crippen LogP contribution in [-0.4, -0.2) is 35.9 Å². The van der Waals surface area contributed by atoms with Crippen LogP contribution in [0.3, 0.4) is 0 Å². The lowest BCUT2D eigenvalue weighted by Gasteiger charge is -2.21. The first kappa shape index (κ1) is 18.0. The van der Waals surface area contributed by atoms with Gasteiger partial charge in [0.15, 0.2) is 6.61 Å². The van der Waals surface area contributed by atoms with Crippen molar-refractivity contribution < 1.29 is 14.3 Å². The molecule has 0 saturated carbocycles. The van der Waals surface area contributed by atoms with Crippen molar-refractivity contribution >= 4 is 11.8 Å². The number of likely N-dealkylation sites (tertiary alicyclic amines) is 1. The third-order valence-corrected chi connectivity index (χ3v) is 5.02. The number of hydrogen-bond acceptors (Lipinski definition) is 3. The predicted molar refractivity (Wildman–Crippen MR) is 100 cm³/mol. The highest BCUT2D eigenvalue weighted by molar-refractivity contribution is 5.92. The maximum Gasteiger partial charge on any atom is 0.260 e. The van der Waals surface area contributed by atoms with Gasteiger partial charge in [-0.3, -0.25) is 9.59 Å². The van der Waals surface area contributed by atoms with Gasteiger partial charge in [0.25, 0.3) is 5.91 Å². The second-order valence-electron chi connectivity index (χ2n) is 6.86. The van der Waals surface area contributed by atoms with E-state index in [9.17, 15) is 9.59 Å². The number of nitrogens with zero attached hydrogens (tertiary/aromatic N) is 1. The van der Waals surface area contributed by atoms with E-state index >= 15 is 0 Å². The summed E-state index contributed by atoms with van der Waals surface area (Å²) in [5, 5.41) is 0. The lowest BCUT2D eigenvalue weighted by molar-refractivity contribution is -0.133. The van der Waals surface area contributed by atoms with Crippen molar-refractivity contribution in [2.24, 2.45) is 5.73 Å². The van der Waals surface area contributed by atoms with E-state index in [1.54, 1.807) is 24.3 Å². The third kappa shape index (κ3) is 3.87. The van der Waals surface area contributed by atoms with Crippen molar-refractivity contribution in [3.63, 3.8) is 0 Å². The van der Waals surface area contributed by atoms with Crippen LogP contribution in [-0.2, 0) is 4.79 Å². The van der Waals surface area contributed by atoms with Crippen LogP contribution < -0.4 is 10.5 Å². The summed E-state index contributed by atoms with van der Waals surface area (Å²) < 4.78 is 5.58. The number of carbonyl (C=O) groups is 2. The third-order valence-electron chi connectivity index (χ3n) is 5.02. The first-order chi connectivity index (χ1) is 12.5. The van der Waals surface area contributed by atoms with Gasteiger partial charge < -0.3 is 15.4 Å². The van der Waals surface area contributed by atoms with Gasteiger partial charge in [-0.2, -0.15) is 0 Å². The Balaban J connectivity index is 1.59. The van der Waals surface area contributed by atoms with E-state index in [0.717, 1.165) is 13.0 Å². The zero-order valence-electron chi connectivity index (χ0n) is 15.1. The molecule has 1 saturated heterocycles. The number of rotatable bonds is 5. The lowest BCUT2D eigenvalue weighted by atomic mass is 9.93. The molecule has 0 bridgehead atoms. The molecule has 0 radical (unpaired) electrons. The quantitative estimate of drug-likeness (QED) is 0.899. The number of benzene rings is 2. The van der Waals surface area contributed by atoms with E-state index in [4.69, 9.17) is 10.5 Å². The molecule has 2 atom stereocenters. The Kier molecular flexibility index (Phi) is 5.26. The van der Waals surface area contributed by atoms with Crippen molar-refractivity contribution in [1.82, 2.24) is 4.90 Å². The summed E-state index contributed by atoms with van der Waals surface area (Å²) in [7, 11) is 0. The molecule has 5 heteroatoms. The highest BCUT2D eigenvalue weighted by Crippen LogP contribution is 2.33. The molecule has 1 aliphatic heterocycles. The van der Waals surface area contributed by atoms with Crippen molar-refractivity contribution in [3.8, 4) is 5.75 Å². The summed E-state index contributed by atoms with van der Waals surface area (Å²) >= 11 is 0. The number of carbonyl (C=O) groups excluding carboxylic acids is 2. The molecule has 1 heterocycles. The molecule has 0 aliphatic carbocycles. The van der Waals surface area contributed by atoms with Crippen LogP contribution in [0, 0.1) is 6.92 Å².